The van der Waals surface area contributed by atoms with Crippen LogP contribution in [0.15, 0.2) is 66.9 Å². The lowest BCUT2D eigenvalue weighted by atomic mass is 10.2. The normalized spacial score (nSPS) is 10.3. The molecule has 0 atom stereocenters. The molecule has 0 aliphatic rings. The zero-order valence-electron chi connectivity index (χ0n) is 12.2. The maximum atomic E-state index is 12.8. The van der Waals surface area contributed by atoms with Gasteiger partial charge >= 0.3 is 6.03 Å². The van der Waals surface area contributed by atoms with E-state index in [0.717, 1.165) is 5.56 Å². The minimum absolute atomic E-state index is 0.351. The van der Waals surface area contributed by atoms with Gasteiger partial charge in [0.25, 0.3) is 0 Å². The summed E-state index contributed by atoms with van der Waals surface area (Å²) in [5.74, 6) is 0.0937. The fourth-order valence-corrected chi connectivity index (χ4v) is 2.10. The molecule has 6 heteroatoms. The van der Waals surface area contributed by atoms with Crippen molar-refractivity contribution in [3.63, 3.8) is 0 Å². The molecule has 2 amide bonds. The van der Waals surface area contributed by atoms with Crippen LogP contribution in [0.3, 0.4) is 0 Å². The predicted octanol–water partition coefficient (Wildman–Crippen LogP) is 3.71. The van der Waals surface area contributed by atoms with Crippen molar-refractivity contribution in [1.29, 1.82) is 0 Å². The topological polar surface area (TPSA) is 59.0 Å². The summed E-state index contributed by atoms with van der Waals surface area (Å²) in [6.45, 7) is 0.627. The van der Waals surface area contributed by atoms with Crippen LogP contribution in [-0.4, -0.2) is 15.8 Å². The number of hydrogen-bond acceptors (Lipinski definition) is 2. The highest BCUT2D eigenvalue weighted by Gasteiger charge is 2.05. The van der Waals surface area contributed by atoms with Gasteiger partial charge < -0.3 is 5.32 Å². The van der Waals surface area contributed by atoms with E-state index < -0.39 is 6.03 Å². The maximum Gasteiger partial charge on any atom is 0.324 e. The van der Waals surface area contributed by atoms with Crippen LogP contribution in [-0.2, 0) is 6.54 Å². The van der Waals surface area contributed by atoms with E-state index in [0.29, 0.717) is 18.1 Å². The van der Waals surface area contributed by atoms with Crippen molar-refractivity contribution in [2.24, 2.45) is 0 Å². The van der Waals surface area contributed by atoms with Gasteiger partial charge in [-0.05, 0) is 29.8 Å². The minimum Gasteiger partial charge on any atom is -0.308 e. The standard InChI is InChI=1S/C17H15FN4O/c18-14-6-8-15(9-7-14)19-17(23)20-16-10-11-22(21-16)12-13-4-2-1-3-5-13/h1-11H,12H2,(H2,19,20,21,23). The number of anilines is 2. The third-order valence-corrected chi connectivity index (χ3v) is 3.17. The number of benzene rings is 2. The quantitative estimate of drug-likeness (QED) is 0.771. The Hall–Kier alpha value is -3.15. The van der Waals surface area contributed by atoms with Crippen LogP contribution in [0.1, 0.15) is 5.56 Å². The second-order valence-electron chi connectivity index (χ2n) is 4.97. The maximum absolute atomic E-state index is 12.8. The molecule has 2 N–H and O–H groups in total. The van der Waals surface area contributed by atoms with Crippen molar-refractivity contribution in [2.75, 3.05) is 10.6 Å². The van der Waals surface area contributed by atoms with Gasteiger partial charge in [-0.25, -0.2) is 9.18 Å². The summed E-state index contributed by atoms with van der Waals surface area (Å²) in [7, 11) is 0. The molecule has 0 fully saturated rings. The Labute approximate surface area is 132 Å². The van der Waals surface area contributed by atoms with Crippen molar-refractivity contribution in [3.8, 4) is 0 Å². The summed E-state index contributed by atoms with van der Waals surface area (Å²) in [4.78, 5) is 11.9. The molecule has 23 heavy (non-hydrogen) atoms. The van der Waals surface area contributed by atoms with Crippen LogP contribution in [0.25, 0.3) is 0 Å². The number of rotatable bonds is 4. The fraction of sp³-hybridized carbons (Fsp3) is 0.0588. The number of halogens is 1. The summed E-state index contributed by atoms with van der Waals surface area (Å²) in [6, 6.07) is 16.7. The van der Waals surface area contributed by atoms with Crippen molar-refractivity contribution < 1.29 is 9.18 Å². The molecule has 0 unspecified atom stereocenters. The number of carbonyl (C=O) groups is 1. The Balaban J connectivity index is 1.58. The van der Waals surface area contributed by atoms with E-state index >= 15 is 0 Å². The van der Waals surface area contributed by atoms with Crippen molar-refractivity contribution in [1.82, 2.24) is 9.78 Å². The highest BCUT2D eigenvalue weighted by atomic mass is 19.1. The zero-order valence-corrected chi connectivity index (χ0v) is 12.2. The van der Waals surface area contributed by atoms with Gasteiger partial charge in [-0.2, -0.15) is 5.10 Å². The molecular formula is C17H15FN4O. The lowest BCUT2D eigenvalue weighted by Crippen LogP contribution is -2.19. The summed E-state index contributed by atoms with van der Waals surface area (Å²) in [5.41, 5.74) is 1.63. The van der Waals surface area contributed by atoms with E-state index in [-0.39, 0.29) is 5.82 Å². The van der Waals surface area contributed by atoms with Gasteiger partial charge in [-0.1, -0.05) is 30.3 Å². The molecular weight excluding hydrogens is 295 g/mol. The Kier molecular flexibility index (Phi) is 4.33. The van der Waals surface area contributed by atoms with Crippen molar-refractivity contribution in [3.05, 3.63) is 78.2 Å². The molecule has 5 nitrogen and oxygen atoms in total. The molecule has 116 valence electrons. The number of nitrogens with zero attached hydrogens (tertiary/aromatic N) is 2. The Morgan fingerprint density at radius 2 is 1.74 bits per heavy atom. The average Bonchev–Trinajstić information content (AvgIpc) is 2.97. The van der Waals surface area contributed by atoms with Gasteiger partial charge in [0.05, 0.1) is 6.54 Å². The molecule has 0 aliphatic heterocycles. The number of hydrogen-bond donors (Lipinski definition) is 2. The molecule has 3 aromatic rings. The Morgan fingerprint density at radius 1 is 1.00 bits per heavy atom. The van der Waals surface area contributed by atoms with Gasteiger partial charge in [0.1, 0.15) is 5.82 Å². The lowest BCUT2D eigenvalue weighted by molar-refractivity contribution is 0.262. The van der Waals surface area contributed by atoms with Gasteiger partial charge in [0.2, 0.25) is 0 Å². The highest BCUT2D eigenvalue weighted by molar-refractivity contribution is 5.99. The third kappa shape index (κ3) is 4.16. The van der Waals surface area contributed by atoms with E-state index in [1.165, 1.54) is 24.3 Å². The van der Waals surface area contributed by atoms with Gasteiger partial charge in [0.15, 0.2) is 5.82 Å². The zero-order chi connectivity index (χ0) is 16.1. The smallest absolute Gasteiger partial charge is 0.308 e. The summed E-state index contributed by atoms with van der Waals surface area (Å²) in [6.07, 6.45) is 1.79. The van der Waals surface area contributed by atoms with E-state index in [1.54, 1.807) is 16.9 Å². The first-order valence-electron chi connectivity index (χ1n) is 7.10. The molecule has 0 bridgehead atoms. The van der Waals surface area contributed by atoms with E-state index in [1.807, 2.05) is 30.3 Å². The first-order valence-corrected chi connectivity index (χ1v) is 7.10. The number of carbonyl (C=O) groups excluding carboxylic acids is 1. The summed E-state index contributed by atoms with van der Waals surface area (Å²) >= 11 is 0. The Morgan fingerprint density at radius 3 is 2.48 bits per heavy atom. The monoisotopic (exact) mass is 310 g/mol. The van der Waals surface area contributed by atoms with Gasteiger partial charge in [-0.3, -0.25) is 10.00 Å². The van der Waals surface area contributed by atoms with Crippen LogP contribution in [0.4, 0.5) is 20.7 Å². The predicted molar refractivity (Wildman–Crippen MR) is 86.8 cm³/mol. The first-order chi connectivity index (χ1) is 11.2. The molecule has 0 saturated carbocycles. The van der Waals surface area contributed by atoms with Gasteiger partial charge in [0, 0.05) is 18.0 Å². The van der Waals surface area contributed by atoms with Crippen molar-refractivity contribution >= 4 is 17.5 Å². The SMILES string of the molecule is O=C(Nc1ccc(F)cc1)Nc1ccn(Cc2ccccc2)n1. The van der Waals surface area contributed by atoms with Crippen LogP contribution >= 0.6 is 0 Å². The van der Waals surface area contributed by atoms with E-state index in [4.69, 9.17) is 0 Å². The molecule has 3 rings (SSSR count). The molecule has 1 aromatic heterocycles. The molecule has 0 radical (unpaired) electrons. The van der Waals surface area contributed by atoms with Gasteiger partial charge in [-0.15, -0.1) is 0 Å². The van der Waals surface area contributed by atoms with Crippen LogP contribution in [0.2, 0.25) is 0 Å². The largest absolute Gasteiger partial charge is 0.324 e. The molecule has 0 aliphatic carbocycles. The van der Waals surface area contributed by atoms with Crippen LogP contribution in [0, 0.1) is 5.82 Å². The minimum atomic E-state index is -0.429. The fourth-order valence-electron chi connectivity index (χ4n) is 2.10. The second kappa shape index (κ2) is 6.74. The van der Waals surface area contributed by atoms with E-state index in [2.05, 4.69) is 15.7 Å². The second-order valence-corrected chi connectivity index (χ2v) is 4.97. The number of aromatic nitrogens is 2. The third-order valence-electron chi connectivity index (χ3n) is 3.17. The van der Waals surface area contributed by atoms with Crippen LogP contribution in [0.5, 0.6) is 0 Å². The Bertz CT molecular complexity index is 784. The number of urea groups is 1. The average molecular weight is 310 g/mol. The molecule has 0 spiro atoms. The molecule has 0 saturated heterocycles. The van der Waals surface area contributed by atoms with E-state index in [9.17, 15) is 9.18 Å². The highest BCUT2D eigenvalue weighted by Crippen LogP contribution is 2.10. The number of nitrogens with one attached hydrogen (secondary N) is 2. The molecule has 1 heterocycles. The van der Waals surface area contributed by atoms with Crippen LogP contribution < -0.4 is 10.6 Å². The lowest BCUT2D eigenvalue weighted by Gasteiger charge is -2.05. The van der Waals surface area contributed by atoms with Crippen molar-refractivity contribution in [2.45, 2.75) is 6.54 Å². The summed E-state index contributed by atoms with van der Waals surface area (Å²) < 4.78 is 14.6. The number of amides is 2. The first kappa shape index (κ1) is 14.8. The molecule has 2 aromatic carbocycles. The summed E-state index contributed by atoms with van der Waals surface area (Å²) in [5, 5.41) is 9.53.